The van der Waals surface area contributed by atoms with Gasteiger partial charge >= 0.3 is 5.97 Å². The molecular formula is C13H20N2O3. The van der Waals surface area contributed by atoms with E-state index in [1.54, 1.807) is 13.2 Å². The number of carbonyl (C=O) groups is 1. The van der Waals surface area contributed by atoms with E-state index in [1.807, 2.05) is 17.0 Å². The second-order valence-corrected chi connectivity index (χ2v) is 4.63. The summed E-state index contributed by atoms with van der Waals surface area (Å²) in [4.78, 5) is 17.0. The number of nitrogens with zero attached hydrogens (tertiary/aromatic N) is 2. The number of ether oxygens (including phenoxy) is 1. The molecular weight excluding hydrogens is 232 g/mol. The molecule has 0 bridgehead atoms. The summed E-state index contributed by atoms with van der Waals surface area (Å²) in [7, 11) is 1.56. The fourth-order valence-electron chi connectivity index (χ4n) is 1.78. The van der Waals surface area contributed by atoms with E-state index in [0.29, 0.717) is 18.3 Å². The number of methoxy groups -OCH3 is 1. The molecule has 0 saturated carbocycles. The molecule has 0 saturated heterocycles. The molecule has 1 aromatic heterocycles. The second-order valence-electron chi connectivity index (χ2n) is 4.63. The lowest BCUT2D eigenvalue weighted by atomic mass is 10.2. The van der Waals surface area contributed by atoms with Gasteiger partial charge in [0.2, 0.25) is 5.88 Å². The van der Waals surface area contributed by atoms with E-state index in [0.717, 1.165) is 12.2 Å². The third-order valence-corrected chi connectivity index (χ3v) is 2.36. The number of aliphatic carboxylic acids is 1. The van der Waals surface area contributed by atoms with Gasteiger partial charge in [0, 0.05) is 19.2 Å². The van der Waals surface area contributed by atoms with Crippen LogP contribution in [0.15, 0.2) is 18.2 Å². The number of carboxylic acid groups (broad SMARTS) is 1. The monoisotopic (exact) mass is 252 g/mol. The van der Waals surface area contributed by atoms with Gasteiger partial charge in [0.25, 0.3) is 0 Å². The Morgan fingerprint density at radius 3 is 2.78 bits per heavy atom. The summed E-state index contributed by atoms with van der Waals surface area (Å²) in [5.74, 6) is 0.140. The Bertz CT molecular complexity index is 394. The van der Waals surface area contributed by atoms with Crippen molar-refractivity contribution in [3.63, 3.8) is 0 Å². The fraction of sp³-hybridized carbons (Fsp3) is 0.538. The van der Waals surface area contributed by atoms with Crippen LogP contribution >= 0.6 is 0 Å². The SMILES string of the molecule is COc1cccc(CN(CC(=O)O)CC(C)C)n1. The van der Waals surface area contributed by atoms with E-state index in [1.165, 1.54) is 0 Å². The number of carboxylic acids is 1. The molecule has 0 aromatic carbocycles. The molecule has 1 aromatic rings. The molecule has 5 nitrogen and oxygen atoms in total. The first-order valence-corrected chi connectivity index (χ1v) is 5.95. The van der Waals surface area contributed by atoms with Gasteiger partial charge < -0.3 is 9.84 Å². The van der Waals surface area contributed by atoms with Crippen molar-refractivity contribution in [3.05, 3.63) is 23.9 Å². The molecule has 1 rings (SSSR count). The first-order valence-electron chi connectivity index (χ1n) is 5.95. The maximum atomic E-state index is 10.8. The second kappa shape index (κ2) is 6.96. The highest BCUT2D eigenvalue weighted by Crippen LogP contribution is 2.10. The Labute approximate surface area is 107 Å². The van der Waals surface area contributed by atoms with Crippen molar-refractivity contribution in [2.45, 2.75) is 20.4 Å². The highest BCUT2D eigenvalue weighted by molar-refractivity contribution is 5.69. The molecule has 0 aliphatic carbocycles. The first-order chi connectivity index (χ1) is 8.51. The van der Waals surface area contributed by atoms with Crippen LogP contribution in [0.25, 0.3) is 0 Å². The van der Waals surface area contributed by atoms with Gasteiger partial charge in [-0.2, -0.15) is 0 Å². The van der Waals surface area contributed by atoms with Crippen molar-refractivity contribution >= 4 is 5.97 Å². The van der Waals surface area contributed by atoms with Gasteiger partial charge in [-0.05, 0) is 12.0 Å². The topological polar surface area (TPSA) is 62.7 Å². The lowest BCUT2D eigenvalue weighted by Gasteiger charge is -2.21. The summed E-state index contributed by atoms with van der Waals surface area (Å²) in [5.41, 5.74) is 0.816. The lowest BCUT2D eigenvalue weighted by molar-refractivity contribution is -0.138. The standard InChI is InChI=1S/C13H20N2O3/c1-10(2)7-15(9-13(16)17)8-11-5-4-6-12(14-11)18-3/h4-6,10H,7-9H2,1-3H3,(H,16,17). The normalized spacial score (nSPS) is 10.9. The van der Waals surface area contributed by atoms with Gasteiger partial charge in [0.1, 0.15) is 0 Å². The Morgan fingerprint density at radius 1 is 1.50 bits per heavy atom. The van der Waals surface area contributed by atoms with E-state index in [4.69, 9.17) is 9.84 Å². The molecule has 1 heterocycles. The summed E-state index contributed by atoms with van der Waals surface area (Å²) in [6, 6.07) is 5.50. The number of aromatic nitrogens is 1. The van der Waals surface area contributed by atoms with Crippen LogP contribution < -0.4 is 4.74 Å². The van der Waals surface area contributed by atoms with E-state index >= 15 is 0 Å². The maximum absolute atomic E-state index is 10.8. The van der Waals surface area contributed by atoms with Gasteiger partial charge in [-0.3, -0.25) is 9.69 Å². The molecule has 1 N–H and O–H groups in total. The number of pyridine rings is 1. The molecule has 0 aliphatic rings. The smallest absolute Gasteiger partial charge is 0.317 e. The van der Waals surface area contributed by atoms with Gasteiger partial charge in [-0.1, -0.05) is 19.9 Å². The average Bonchev–Trinajstić information content (AvgIpc) is 2.27. The molecule has 18 heavy (non-hydrogen) atoms. The third kappa shape index (κ3) is 5.14. The predicted octanol–water partition coefficient (Wildman–Crippen LogP) is 1.63. The van der Waals surface area contributed by atoms with Crippen LogP contribution in [-0.4, -0.2) is 41.2 Å². The van der Waals surface area contributed by atoms with Crippen LogP contribution in [0.2, 0.25) is 0 Å². The number of hydrogen-bond acceptors (Lipinski definition) is 4. The summed E-state index contributed by atoms with van der Waals surface area (Å²) >= 11 is 0. The Kier molecular flexibility index (Phi) is 5.58. The summed E-state index contributed by atoms with van der Waals surface area (Å²) in [6.07, 6.45) is 0. The molecule has 5 heteroatoms. The third-order valence-electron chi connectivity index (χ3n) is 2.36. The Balaban J connectivity index is 2.71. The zero-order valence-corrected chi connectivity index (χ0v) is 11.1. The van der Waals surface area contributed by atoms with Gasteiger partial charge in [0.05, 0.1) is 19.3 Å². The van der Waals surface area contributed by atoms with Crippen molar-refractivity contribution in [1.29, 1.82) is 0 Å². The fourth-order valence-corrected chi connectivity index (χ4v) is 1.78. The highest BCUT2D eigenvalue weighted by atomic mass is 16.5. The molecule has 0 atom stereocenters. The average molecular weight is 252 g/mol. The van der Waals surface area contributed by atoms with Crippen LogP contribution in [-0.2, 0) is 11.3 Å². The molecule has 0 unspecified atom stereocenters. The number of rotatable bonds is 7. The van der Waals surface area contributed by atoms with Crippen LogP contribution in [0, 0.1) is 5.92 Å². The minimum absolute atomic E-state index is 0.0249. The van der Waals surface area contributed by atoms with E-state index in [9.17, 15) is 4.79 Å². The zero-order chi connectivity index (χ0) is 13.5. The Morgan fingerprint density at radius 2 is 2.22 bits per heavy atom. The van der Waals surface area contributed by atoms with Crippen LogP contribution in [0.5, 0.6) is 5.88 Å². The Hall–Kier alpha value is -1.62. The molecule has 0 fully saturated rings. The maximum Gasteiger partial charge on any atom is 0.317 e. The van der Waals surface area contributed by atoms with Crippen molar-refractivity contribution < 1.29 is 14.6 Å². The number of hydrogen-bond donors (Lipinski definition) is 1. The quantitative estimate of drug-likeness (QED) is 0.799. The first kappa shape index (κ1) is 14.4. The van der Waals surface area contributed by atoms with E-state index in [2.05, 4.69) is 18.8 Å². The summed E-state index contributed by atoms with van der Waals surface area (Å²) in [5, 5.41) is 8.89. The molecule has 100 valence electrons. The minimum atomic E-state index is -0.821. The molecule has 0 radical (unpaired) electrons. The minimum Gasteiger partial charge on any atom is -0.481 e. The summed E-state index contributed by atoms with van der Waals surface area (Å²) < 4.78 is 5.05. The molecule has 0 amide bonds. The summed E-state index contributed by atoms with van der Waals surface area (Å²) in [6.45, 7) is 5.39. The predicted molar refractivity (Wildman–Crippen MR) is 68.5 cm³/mol. The molecule has 0 spiro atoms. The lowest BCUT2D eigenvalue weighted by Crippen LogP contribution is -2.32. The van der Waals surface area contributed by atoms with Crippen LogP contribution in [0.3, 0.4) is 0 Å². The largest absolute Gasteiger partial charge is 0.481 e. The van der Waals surface area contributed by atoms with Crippen molar-refractivity contribution in [2.24, 2.45) is 5.92 Å². The van der Waals surface area contributed by atoms with E-state index < -0.39 is 5.97 Å². The molecule has 0 aliphatic heterocycles. The van der Waals surface area contributed by atoms with Gasteiger partial charge in [0.15, 0.2) is 0 Å². The van der Waals surface area contributed by atoms with Crippen LogP contribution in [0.1, 0.15) is 19.5 Å². The van der Waals surface area contributed by atoms with E-state index in [-0.39, 0.29) is 6.54 Å². The van der Waals surface area contributed by atoms with Gasteiger partial charge in [-0.15, -0.1) is 0 Å². The van der Waals surface area contributed by atoms with Crippen molar-refractivity contribution in [1.82, 2.24) is 9.88 Å². The van der Waals surface area contributed by atoms with Crippen molar-refractivity contribution in [2.75, 3.05) is 20.2 Å². The van der Waals surface area contributed by atoms with Crippen LogP contribution in [0.4, 0.5) is 0 Å². The zero-order valence-electron chi connectivity index (χ0n) is 11.1. The van der Waals surface area contributed by atoms with Gasteiger partial charge in [-0.25, -0.2) is 4.98 Å². The highest BCUT2D eigenvalue weighted by Gasteiger charge is 2.12. The van der Waals surface area contributed by atoms with Crippen molar-refractivity contribution in [3.8, 4) is 5.88 Å².